The van der Waals surface area contributed by atoms with Crippen molar-refractivity contribution in [3.63, 3.8) is 0 Å². The van der Waals surface area contributed by atoms with Crippen LogP contribution in [0, 0.1) is 11.7 Å². The predicted octanol–water partition coefficient (Wildman–Crippen LogP) is 8.62. The molecule has 0 aliphatic heterocycles. The highest BCUT2D eigenvalue weighted by Crippen LogP contribution is 2.43. The Bertz CT molecular complexity index is 1230. The summed E-state index contributed by atoms with van der Waals surface area (Å²) in [6.07, 6.45) is -5.02. The van der Waals surface area contributed by atoms with Gasteiger partial charge in [-0.2, -0.15) is 26.3 Å². The Morgan fingerprint density at radius 2 is 1.48 bits per heavy atom. The van der Waals surface area contributed by atoms with Crippen molar-refractivity contribution in [2.75, 3.05) is 13.2 Å². The third kappa shape index (κ3) is 8.74. The van der Waals surface area contributed by atoms with Crippen molar-refractivity contribution >= 4 is 5.97 Å². The zero-order valence-electron chi connectivity index (χ0n) is 25.2. The summed E-state index contributed by atoms with van der Waals surface area (Å²) in [5, 5.41) is 3.54. The van der Waals surface area contributed by atoms with Crippen LogP contribution in [0.4, 0.5) is 30.7 Å². The second kappa shape index (κ2) is 13.4. The van der Waals surface area contributed by atoms with Crippen molar-refractivity contribution in [2.24, 2.45) is 5.92 Å². The van der Waals surface area contributed by atoms with Gasteiger partial charge >= 0.3 is 18.3 Å². The number of carbonyl (C=O) groups is 1. The Morgan fingerprint density at radius 3 is 2.02 bits per heavy atom. The Hall–Kier alpha value is -2.66. The molecule has 0 aromatic heterocycles. The van der Waals surface area contributed by atoms with Crippen molar-refractivity contribution in [3.8, 4) is 0 Å². The van der Waals surface area contributed by atoms with E-state index in [4.69, 9.17) is 9.47 Å². The van der Waals surface area contributed by atoms with E-state index >= 15 is 0 Å². The quantitative estimate of drug-likeness (QED) is 0.222. The van der Waals surface area contributed by atoms with E-state index in [1.54, 1.807) is 12.1 Å². The van der Waals surface area contributed by atoms with E-state index < -0.39 is 46.5 Å². The number of esters is 1. The Balaban J connectivity index is 1.50. The summed E-state index contributed by atoms with van der Waals surface area (Å²) in [6, 6.07) is 7.58. The number of hydrogen-bond donors (Lipinski definition) is 1. The van der Waals surface area contributed by atoms with Crippen LogP contribution >= 0.6 is 0 Å². The summed E-state index contributed by atoms with van der Waals surface area (Å²) >= 11 is 0. The van der Waals surface area contributed by atoms with Crippen LogP contribution in [0.2, 0.25) is 0 Å². The van der Waals surface area contributed by atoms with E-state index in [-0.39, 0.29) is 42.5 Å². The maximum Gasteiger partial charge on any atom is 0.416 e. The van der Waals surface area contributed by atoms with Crippen LogP contribution in [0.25, 0.3) is 0 Å². The number of ether oxygens (including phenoxy) is 2. The number of carbonyl (C=O) groups excluding carboxylic acids is 1. The van der Waals surface area contributed by atoms with Gasteiger partial charge in [0.1, 0.15) is 17.0 Å². The van der Waals surface area contributed by atoms with Gasteiger partial charge in [-0.1, -0.05) is 31.4 Å². The monoisotopic (exact) mass is 631 g/mol. The van der Waals surface area contributed by atoms with Crippen molar-refractivity contribution in [1.29, 1.82) is 0 Å². The molecule has 3 atom stereocenters. The van der Waals surface area contributed by atoms with Gasteiger partial charge in [0.05, 0.1) is 23.8 Å². The molecule has 2 aliphatic carbocycles. The van der Waals surface area contributed by atoms with Crippen molar-refractivity contribution in [3.05, 3.63) is 70.5 Å². The lowest BCUT2D eigenvalue weighted by Gasteiger charge is -2.39. The van der Waals surface area contributed by atoms with Crippen LogP contribution < -0.4 is 5.32 Å². The number of nitrogens with one attached hydrogen (secondary N) is 1. The molecule has 3 unspecified atom stereocenters. The zero-order valence-corrected chi connectivity index (χ0v) is 25.2. The van der Waals surface area contributed by atoms with E-state index in [1.807, 2.05) is 20.8 Å². The smallest absolute Gasteiger partial charge is 0.416 e. The average Bonchev–Trinajstić information content (AvgIpc) is 3.33. The van der Waals surface area contributed by atoms with Crippen molar-refractivity contribution in [2.45, 2.75) is 108 Å². The predicted molar refractivity (Wildman–Crippen MR) is 151 cm³/mol. The number of hydrogen-bond acceptors (Lipinski definition) is 4. The fraction of sp³-hybridized carbons (Fsp3) is 0.606. The van der Waals surface area contributed by atoms with Gasteiger partial charge in [-0.05, 0) is 107 Å². The number of alkyl halides is 6. The molecule has 0 radical (unpaired) electrons. The molecule has 0 saturated heterocycles. The molecule has 4 nitrogen and oxygen atoms in total. The summed E-state index contributed by atoms with van der Waals surface area (Å²) in [6.45, 7) is 5.85. The van der Waals surface area contributed by atoms with Gasteiger partial charge in [0.15, 0.2) is 0 Å². The molecule has 0 spiro atoms. The van der Waals surface area contributed by atoms with Gasteiger partial charge < -0.3 is 14.8 Å². The average molecular weight is 632 g/mol. The van der Waals surface area contributed by atoms with Crippen LogP contribution in [-0.4, -0.2) is 36.4 Å². The fourth-order valence-electron chi connectivity index (χ4n) is 6.43. The van der Waals surface area contributed by atoms with E-state index in [0.717, 1.165) is 37.0 Å². The summed E-state index contributed by atoms with van der Waals surface area (Å²) in [5.41, 5.74) is -3.50. The largest absolute Gasteiger partial charge is 0.459 e. The second-order valence-electron chi connectivity index (χ2n) is 13.0. The van der Waals surface area contributed by atoms with Gasteiger partial charge in [0.25, 0.3) is 0 Å². The summed E-state index contributed by atoms with van der Waals surface area (Å²) in [4.78, 5) is 13.3. The molecule has 244 valence electrons. The van der Waals surface area contributed by atoms with E-state index in [2.05, 4.69) is 5.32 Å². The highest BCUT2D eigenvalue weighted by atomic mass is 19.4. The van der Waals surface area contributed by atoms with E-state index in [9.17, 15) is 35.5 Å². The molecule has 2 saturated carbocycles. The normalized spacial score (nSPS) is 22.6. The second-order valence-corrected chi connectivity index (χ2v) is 13.0. The maximum atomic E-state index is 13.8. The molecule has 2 aromatic rings. The number of halogens is 7. The standard InChI is InChI=1S/C33H40F7NO3/c1-30(2,3)44-29(42)31(14-5-4-6-15-31)41-20-23-9-12-27(28(23)22-7-10-26(34)11-8-22)43-16-13-21-17-24(32(35,36)37)19-25(18-21)33(38,39)40/h7-8,10-11,17-19,23,27-28,41H,4-6,9,12-16,20H2,1-3H3. The number of rotatable bonds is 9. The molecule has 4 rings (SSSR count). The minimum absolute atomic E-state index is 0.0166. The SMILES string of the molecule is CC(C)(C)OC(=O)C1(NCC2CCC(OCCc3cc(C(F)(F)F)cc(C(F)(F)F)c3)C2c2ccc(F)cc2)CCCCC1. The van der Waals surface area contributed by atoms with Gasteiger partial charge in [0.2, 0.25) is 0 Å². The fourth-order valence-corrected chi connectivity index (χ4v) is 6.43. The van der Waals surface area contributed by atoms with Gasteiger partial charge in [-0.15, -0.1) is 0 Å². The lowest BCUT2D eigenvalue weighted by atomic mass is 9.80. The molecule has 11 heteroatoms. The first-order valence-corrected chi connectivity index (χ1v) is 15.1. The molecule has 2 fully saturated rings. The highest BCUT2D eigenvalue weighted by Gasteiger charge is 2.45. The third-order valence-electron chi connectivity index (χ3n) is 8.55. The van der Waals surface area contributed by atoms with Gasteiger partial charge in [0, 0.05) is 5.92 Å². The first kappa shape index (κ1) is 34.2. The molecule has 2 aromatic carbocycles. The Labute approximate surface area is 253 Å². The van der Waals surface area contributed by atoms with Crippen molar-refractivity contribution < 1.29 is 45.0 Å². The molecule has 1 N–H and O–H groups in total. The van der Waals surface area contributed by atoms with Crippen molar-refractivity contribution in [1.82, 2.24) is 5.32 Å². The minimum atomic E-state index is -4.93. The molecular formula is C33H40F7NO3. The highest BCUT2D eigenvalue weighted by molar-refractivity contribution is 5.81. The summed E-state index contributed by atoms with van der Waals surface area (Å²) in [7, 11) is 0. The first-order chi connectivity index (χ1) is 20.5. The lowest BCUT2D eigenvalue weighted by molar-refractivity contribution is -0.165. The number of benzene rings is 2. The van der Waals surface area contributed by atoms with Gasteiger partial charge in [-0.3, -0.25) is 4.79 Å². The summed E-state index contributed by atoms with van der Waals surface area (Å²) in [5.74, 6) is -0.935. The van der Waals surface area contributed by atoms with E-state index in [0.29, 0.717) is 32.2 Å². The zero-order chi connectivity index (χ0) is 32.3. The summed E-state index contributed by atoms with van der Waals surface area (Å²) < 4.78 is 106. The molecular weight excluding hydrogens is 591 g/mol. The molecule has 2 aliphatic rings. The van der Waals surface area contributed by atoms with Gasteiger partial charge in [-0.25, -0.2) is 4.39 Å². The van der Waals surface area contributed by atoms with Crippen LogP contribution in [-0.2, 0) is 33.0 Å². The topological polar surface area (TPSA) is 47.6 Å². The van der Waals surface area contributed by atoms with Crippen LogP contribution in [0.5, 0.6) is 0 Å². The van der Waals surface area contributed by atoms with Crippen LogP contribution in [0.3, 0.4) is 0 Å². The minimum Gasteiger partial charge on any atom is -0.459 e. The molecule has 0 heterocycles. The van der Waals surface area contributed by atoms with Crippen LogP contribution in [0.15, 0.2) is 42.5 Å². The third-order valence-corrected chi connectivity index (χ3v) is 8.55. The Kier molecular flexibility index (Phi) is 10.4. The Morgan fingerprint density at radius 1 is 0.886 bits per heavy atom. The van der Waals surface area contributed by atoms with E-state index in [1.165, 1.54) is 12.1 Å². The maximum absolute atomic E-state index is 13.8. The molecule has 44 heavy (non-hydrogen) atoms. The molecule has 0 bridgehead atoms. The first-order valence-electron chi connectivity index (χ1n) is 15.1. The molecule has 0 amide bonds. The lowest BCUT2D eigenvalue weighted by Crippen LogP contribution is -2.56. The van der Waals surface area contributed by atoms with Crippen LogP contribution in [0.1, 0.15) is 93.9 Å².